The maximum Gasteiger partial charge on any atom is 0.358 e. The molecule has 132 valence electrons. The van der Waals surface area contributed by atoms with E-state index in [1.54, 1.807) is 29.6 Å². The third-order valence-corrected chi connectivity index (χ3v) is 4.97. The number of aromatic nitrogens is 1. The zero-order valence-corrected chi connectivity index (χ0v) is 15.6. The zero-order chi connectivity index (χ0) is 18.5. The number of rotatable bonds is 6. The fourth-order valence-electron chi connectivity index (χ4n) is 2.31. The summed E-state index contributed by atoms with van der Waals surface area (Å²) < 4.78 is 5.10. The Kier molecular flexibility index (Phi) is 5.81. The second kappa shape index (κ2) is 8.25. The van der Waals surface area contributed by atoms with Crippen molar-refractivity contribution < 1.29 is 14.3 Å². The number of hydrogen-bond donors (Lipinski definition) is 0. The second-order valence-corrected chi connectivity index (χ2v) is 6.89. The Balaban J connectivity index is 1.61. The minimum Gasteiger partial charge on any atom is -0.453 e. The average Bonchev–Trinajstić information content (AvgIpc) is 3.16. The van der Waals surface area contributed by atoms with Crippen LogP contribution >= 0.6 is 22.9 Å². The van der Waals surface area contributed by atoms with E-state index >= 15 is 0 Å². The van der Waals surface area contributed by atoms with Gasteiger partial charge in [-0.05, 0) is 24.1 Å². The molecule has 1 heterocycles. The molecule has 6 heteroatoms. The largest absolute Gasteiger partial charge is 0.453 e. The molecule has 0 fully saturated rings. The quantitative estimate of drug-likeness (QED) is 0.439. The summed E-state index contributed by atoms with van der Waals surface area (Å²) in [4.78, 5) is 28.5. The van der Waals surface area contributed by atoms with E-state index in [-0.39, 0.29) is 18.1 Å². The van der Waals surface area contributed by atoms with Crippen molar-refractivity contribution >= 4 is 34.7 Å². The van der Waals surface area contributed by atoms with E-state index in [1.165, 1.54) is 11.3 Å². The Morgan fingerprint density at radius 3 is 2.42 bits per heavy atom. The molecule has 26 heavy (non-hydrogen) atoms. The normalized spacial score (nSPS) is 10.5. The van der Waals surface area contributed by atoms with Crippen LogP contribution in [0.15, 0.2) is 53.9 Å². The van der Waals surface area contributed by atoms with Crippen LogP contribution in [0.1, 0.15) is 33.3 Å². The number of halogens is 1. The number of esters is 1. The topological polar surface area (TPSA) is 56.3 Å². The van der Waals surface area contributed by atoms with E-state index in [0.717, 1.165) is 17.5 Å². The van der Waals surface area contributed by atoms with Gasteiger partial charge >= 0.3 is 5.97 Å². The van der Waals surface area contributed by atoms with Crippen molar-refractivity contribution in [3.63, 3.8) is 0 Å². The third kappa shape index (κ3) is 4.36. The summed E-state index contributed by atoms with van der Waals surface area (Å²) >= 11 is 7.20. The number of benzene rings is 2. The third-order valence-electron chi connectivity index (χ3n) is 3.82. The van der Waals surface area contributed by atoms with Crippen LogP contribution in [0.3, 0.4) is 0 Å². The van der Waals surface area contributed by atoms with Crippen LogP contribution in [0.25, 0.3) is 10.6 Å². The maximum absolute atomic E-state index is 12.1. The molecule has 0 amide bonds. The molecule has 0 saturated carbocycles. The van der Waals surface area contributed by atoms with Gasteiger partial charge in [0.15, 0.2) is 18.1 Å². The number of Topliss-reactive ketones (excluding diaryl/α,β-unsaturated/α-hetero) is 1. The van der Waals surface area contributed by atoms with E-state index in [4.69, 9.17) is 16.3 Å². The van der Waals surface area contributed by atoms with Gasteiger partial charge in [0.25, 0.3) is 0 Å². The number of carbonyl (C=O) groups is 2. The Labute approximate surface area is 160 Å². The van der Waals surface area contributed by atoms with Crippen LogP contribution in [0.5, 0.6) is 0 Å². The highest BCUT2D eigenvalue weighted by molar-refractivity contribution is 7.13. The number of thiazole rings is 1. The standard InChI is InChI=1S/C20H16ClNO3S/c1-2-13-3-5-14(6-4-13)18(23)11-25-20(24)17-12-26-19(22-17)15-7-9-16(21)10-8-15/h3-10,12H,2,11H2,1H3. The Morgan fingerprint density at radius 1 is 1.08 bits per heavy atom. The van der Waals surface area contributed by atoms with Crippen LogP contribution in [0.2, 0.25) is 5.02 Å². The van der Waals surface area contributed by atoms with Gasteiger partial charge in [-0.25, -0.2) is 9.78 Å². The molecule has 0 unspecified atom stereocenters. The summed E-state index contributed by atoms with van der Waals surface area (Å²) in [5.41, 5.74) is 2.73. The molecule has 0 N–H and O–H groups in total. The maximum atomic E-state index is 12.1. The summed E-state index contributed by atoms with van der Waals surface area (Å²) in [6.45, 7) is 1.74. The van der Waals surface area contributed by atoms with E-state index < -0.39 is 5.97 Å². The Hall–Kier alpha value is -2.50. The SMILES string of the molecule is CCc1ccc(C(=O)COC(=O)c2csc(-c3ccc(Cl)cc3)n2)cc1. The predicted molar refractivity (Wildman–Crippen MR) is 103 cm³/mol. The highest BCUT2D eigenvalue weighted by Crippen LogP contribution is 2.25. The van der Waals surface area contributed by atoms with Crippen molar-refractivity contribution in [3.05, 3.63) is 75.8 Å². The first-order valence-corrected chi connectivity index (χ1v) is 9.33. The van der Waals surface area contributed by atoms with Crippen molar-refractivity contribution in [2.24, 2.45) is 0 Å². The molecular weight excluding hydrogens is 370 g/mol. The second-order valence-electron chi connectivity index (χ2n) is 5.59. The van der Waals surface area contributed by atoms with Crippen molar-refractivity contribution in [1.29, 1.82) is 0 Å². The number of nitrogens with zero attached hydrogens (tertiary/aromatic N) is 1. The molecule has 0 aliphatic heterocycles. The molecule has 3 rings (SSSR count). The lowest BCUT2D eigenvalue weighted by Gasteiger charge is -2.04. The fraction of sp³-hybridized carbons (Fsp3) is 0.150. The average molecular weight is 386 g/mol. The summed E-state index contributed by atoms with van der Waals surface area (Å²) in [5, 5.41) is 2.94. The summed E-state index contributed by atoms with van der Waals surface area (Å²) in [6.07, 6.45) is 0.906. The van der Waals surface area contributed by atoms with Gasteiger partial charge in [-0.3, -0.25) is 4.79 Å². The van der Waals surface area contributed by atoms with Gasteiger partial charge in [0.2, 0.25) is 0 Å². The lowest BCUT2D eigenvalue weighted by Crippen LogP contribution is -2.14. The molecule has 0 saturated heterocycles. The van der Waals surface area contributed by atoms with Crippen LogP contribution in [0, 0.1) is 0 Å². The number of aryl methyl sites for hydroxylation is 1. The van der Waals surface area contributed by atoms with Gasteiger partial charge in [-0.1, -0.05) is 54.9 Å². The van der Waals surface area contributed by atoms with Gasteiger partial charge in [-0.15, -0.1) is 11.3 Å². The van der Waals surface area contributed by atoms with Crippen molar-refractivity contribution in [2.75, 3.05) is 6.61 Å². The van der Waals surface area contributed by atoms with Gasteiger partial charge in [0.05, 0.1) is 0 Å². The van der Waals surface area contributed by atoms with E-state index in [2.05, 4.69) is 4.98 Å². The molecule has 0 bridgehead atoms. The Morgan fingerprint density at radius 2 is 1.77 bits per heavy atom. The van der Waals surface area contributed by atoms with Crippen molar-refractivity contribution in [2.45, 2.75) is 13.3 Å². The van der Waals surface area contributed by atoms with Gasteiger partial charge in [0, 0.05) is 21.5 Å². The van der Waals surface area contributed by atoms with Crippen LogP contribution in [-0.4, -0.2) is 23.3 Å². The fourth-order valence-corrected chi connectivity index (χ4v) is 3.23. The lowest BCUT2D eigenvalue weighted by molar-refractivity contribution is 0.0470. The van der Waals surface area contributed by atoms with Crippen LogP contribution in [-0.2, 0) is 11.2 Å². The summed E-state index contributed by atoms with van der Waals surface area (Å²) in [6, 6.07) is 14.5. The van der Waals surface area contributed by atoms with Crippen molar-refractivity contribution in [1.82, 2.24) is 4.98 Å². The van der Waals surface area contributed by atoms with Crippen LogP contribution in [0.4, 0.5) is 0 Å². The minimum absolute atomic E-state index is 0.189. The minimum atomic E-state index is -0.611. The molecule has 4 nitrogen and oxygen atoms in total. The monoisotopic (exact) mass is 385 g/mol. The van der Waals surface area contributed by atoms with E-state index in [1.807, 2.05) is 31.2 Å². The first kappa shape index (κ1) is 18.3. The van der Waals surface area contributed by atoms with Crippen molar-refractivity contribution in [3.8, 4) is 10.6 Å². The molecule has 1 aromatic heterocycles. The molecule has 0 aliphatic rings. The van der Waals surface area contributed by atoms with E-state index in [9.17, 15) is 9.59 Å². The first-order valence-electron chi connectivity index (χ1n) is 8.07. The summed E-state index contributed by atoms with van der Waals surface area (Å²) in [5.74, 6) is -0.853. The predicted octanol–water partition coefficient (Wildman–Crippen LogP) is 5.07. The van der Waals surface area contributed by atoms with Crippen LogP contribution < -0.4 is 0 Å². The van der Waals surface area contributed by atoms with Gasteiger partial charge in [-0.2, -0.15) is 0 Å². The Bertz CT molecular complexity index is 917. The first-order chi connectivity index (χ1) is 12.6. The number of hydrogen-bond acceptors (Lipinski definition) is 5. The molecule has 0 spiro atoms. The van der Waals surface area contributed by atoms with Gasteiger partial charge in [0.1, 0.15) is 5.01 Å². The smallest absolute Gasteiger partial charge is 0.358 e. The lowest BCUT2D eigenvalue weighted by atomic mass is 10.1. The highest BCUT2D eigenvalue weighted by atomic mass is 35.5. The molecule has 0 radical (unpaired) electrons. The number of ether oxygens (including phenoxy) is 1. The molecular formula is C20H16ClNO3S. The molecule has 0 atom stereocenters. The molecule has 2 aromatic carbocycles. The highest BCUT2D eigenvalue weighted by Gasteiger charge is 2.15. The van der Waals surface area contributed by atoms with Gasteiger partial charge < -0.3 is 4.74 Å². The molecule has 3 aromatic rings. The number of ketones is 1. The molecule has 0 aliphatic carbocycles. The summed E-state index contributed by atoms with van der Waals surface area (Å²) in [7, 11) is 0. The number of carbonyl (C=O) groups excluding carboxylic acids is 2. The van der Waals surface area contributed by atoms with E-state index in [0.29, 0.717) is 15.6 Å². The zero-order valence-electron chi connectivity index (χ0n) is 14.1.